The molecule has 6 heteroatoms. The average molecular weight is 338 g/mol. The fraction of sp³-hybridized carbons (Fsp3) is 0.471. The molecule has 0 saturated heterocycles. The van der Waals surface area contributed by atoms with Crippen molar-refractivity contribution in [3.63, 3.8) is 0 Å². The van der Waals surface area contributed by atoms with Crippen molar-refractivity contribution >= 4 is 15.9 Å². The summed E-state index contributed by atoms with van der Waals surface area (Å²) in [6.07, 6.45) is 2.68. The van der Waals surface area contributed by atoms with Gasteiger partial charge in [0.05, 0.1) is 4.90 Å². The van der Waals surface area contributed by atoms with Crippen LogP contribution in [0.2, 0.25) is 0 Å². The number of sulfonamides is 1. The SMILES string of the molecule is CC/C=C(/C)C(=O)NCc1ccc(S(=O)(=O)N(C)C(C)C)cc1. The highest BCUT2D eigenvalue weighted by Gasteiger charge is 2.22. The van der Waals surface area contributed by atoms with E-state index in [0.717, 1.165) is 12.0 Å². The molecule has 0 aliphatic heterocycles. The van der Waals surface area contributed by atoms with Gasteiger partial charge in [-0.1, -0.05) is 25.1 Å². The van der Waals surface area contributed by atoms with Crippen LogP contribution in [0.4, 0.5) is 0 Å². The van der Waals surface area contributed by atoms with Crippen LogP contribution < -0.4 is 5.32 Å². The van der Waals surface area contributed by atoms with Crippen LogP contribution >= 0.6 is 0 Å². The molecular formula is C17H26N2O3S. The van der Waals surface area contributed by atoms with Crippen molar-refractivity contribution < 1.29 is 13.2 Å². The van der Waals surface area contributed by atoms with E-state index in [4.69, 9.17) is 0 Å². The number of benzene rings is 1. The van der Waals surface area contributed by atoms with Crippen LogP contribution in [0, 0.1) is 0 Å². The number of rotatable bonds is 7. The molecule has 0 aliphatic carbocycles. The summed E-state index contributed by atoms with van der Waals surface area (Å²) < 4.78 is 26.1. The van der Waals surface area contributed by atoms with Gasteiger partial charge < -0.3 is 5.32 Å². The standard InChI is InChI=1S/C17H26N2O3S/c1-6-7-14(4)17(20)18-12-15-8-10-16(11-9-15)23(21,22)19(5)13(2)3/h7-11,13H,6,12H2,1-5H3,(H,18,20)/b14-7-. The molecule has 0 fully saturated rings. The second kappa shape index (κ2) is 8.26. The van der Waals surface area contributed by atoms with Crippen molar-refractivity contribution in [2.75, 3.05) is 7.05 Å². The number of carbonyl (C=O) groups excluding carboxylic acids is 1. The van der Waals surface area contributed by atoms with E-state index < -0.39 is 10.0 Å². The highest BCUT2D eigenvalue weighted by Crippen LogP contribution is 2.17. The number of hydrogen-bond acceptors (Lipinski definition) is 3. The summed E-state index contributed by atoms with van der Waals surface area (Å²) in [6, 6.07) is 6.49. The summed E-state index contributed by atoms with van der Waals surface area (Å²) in [5, 5.41) is 2.82. The lowest BCUT2D eigenvalue weighted by atomic mass is 10.2. The van der Waals surface area contributed by atoms with E-state index >= 15 is 0 Å². The molecule has 1 amide bonds. The topological polar surface area (TPSA) is 66.5 Å². The summed E-state index contributed by atoms with van der Waals surface area (Å²) in [4.78, 5) is 12.1. The summed E-state index contributed by atoms with van der Waals surface area (Å²) in [5.41, 5.74) is 1.54. The van der Waals surface area contributed by atoms with Crippen molar-refractivity contribution in [3.05, 3.63) is 41.5 Å². The van der Waals surface area contributed by atoms with Gasteiger partial charge in [0.15, 0.2) is 0 Å². The molecule has 0 unspecified atom stereocenters. The normalized spacial score (nSPS) is 12.7. The van der Waals surface area contributed by atoms with Crippen LogP contribution in [0.5, 0.6) is 0 Å². The van der Waals surface area contributed by atoms with Crippen molar-refractivity contribution in [2.24, 2.45) is 0 Å². The fourth-order valence-electron chi connectivity index (χ4n) is 1.94. The number of carbonyl (C=O) groups is 1. The van der Waals surface area contributed by atoms with E-state index in [2.05, 4.69) is 5.32 Å². The molecule has 1 aromatic carbocycles. The Morgan fingerprint density at radius 3 is 2.30 bits per heavy atom. The molecule has 0 radical (unpaired) electrons. The molecule has 1 rings (SSSR count). The number of nitrogens with one attached hydrogen (secondary N) is 1. The van der Waals surface area contributed by atoms with Crippen molar-refractivity contribution in [3.8, 4) is 0 Å². The highest BCUT2D eigenvalue weighted by molar-refractivity contribution is 7.89. The summed E-state index contributed by atoms with van der Waals surface area (Å²) in [6.45, 7) is 7.77. The summed E-state index contributed by atoms with van der Waals surface area (Å²) in [7, 11) is -1.90. The van der Waals surface area contributed by atoms with Gasteiger partial charge >= 0.3 is 0 Å². The molecule has 0 spiro atoms. The van der Waals surface area contributed by atoms with E-state index in [1.54, 1.807) is 38.2 Å². The number of allylic oxidation sites excluding steroid dienone is 1. The first kappa shape index (κ1) is 19.4. The van der Waals surface area contributed by atoms with Crippen molar-refractivity contribution in [2.45, 2.75) is 51.6 Å². The second-order valence-electron chi connectivity index (χ2n) is 5.74. The zero-order chi connectivity index (χ0) is 17.6. The molecule has 0 aromatic heterocycles. The molecule has 0 heterocycles. The number of nitrogens with zero attached hydrogens (tertiary/aromatic N) is 1. The minimum absolute atomic E-state index is 0.104. The average Bonchev–Trinajstić information content (AvgIpc) is 2.52. The van der Waals surface area contributed by atoms with Gasteiger partial charge in [-0.05, 0) is 44.9 Å². The zero-order valence-electron chi connectivity index (χ0n) is 14.5. The molecule has 23 heavy (non-hydrogen) atoms. The lowest BCUT2D eigenvalue weighted by molar-refractivity contribution is -0.117. The lowest BCUT2D eigenvalue weighted by Gasteiger charge is -2.21. The minimum Gasteiger partial charge on any atom is -0.348 e. The van der Waals surface area contributed by atoms with Crippen LogP contribution in [-0.4, -0.2) is 31.7 Å². The Morgan fingerprint density at radius 2 is 1.83 bits per heavy atom. The Kier molecular flexibility index (Phi) is 6.97. The molecule has 0 atom stereocenters. The van der Waals surface area contributed by atoms with E-state index in [1.807, 2.05) is 26.8 Å². The Hall–Kier alpha value is -1.66. The van der Waals surface area contributed by atoms with Gasteiger partial charge in [-0.15, -0.1) is 0 Å². The summed E-state index contributed by atoms with van der Waals surface area (Å²) >= 11 is 0. The molecule has 0 saturated carbocycles. The van der Waals surface area contributed by atoms with Crippen molar-refractivity contribution in [1.29, 1.82) is 0 Å². The smallest absolute Gasteiger partial charge is 0.246 e. The zero-order valence-corrected chi connectivity index (χ0v) is 15.3. The molecule has 0 bridgehead atoms. The monoisotopic (exact) mass is 338 g/mol. The predicted octanol–water partition coefficient (Wildman–Crippen LogP) is 2.69. The first-order valence-corrected chi connectivity index (χ1v) is 9.16. The Balaban J connectivity index is 2.78. The molecule has 0 aliphatic rings. The van der Waals surface area contributed by atoms with Gasteiger partial charge in [0.25, 0.3) is 0 Å². The molecule has 1 N–H and O–H groups in total. The number of hydrogen-bond donors (Lipinski definition) is 1. The van der Waals surface area contributed by atoms with Crippen LogP contribution in [0.1, 0.15) is 39.7 Å². The van der Waals surface area contributed by atoms with Crippen molar-refractivity contribution in [1.82, 2.24) is 9.62 Å². The third-order valence-corrected chi connectivity index (χ3v) is 5.70. The van der Waals surface area contributed by atoms with Gasteiger partial charge in [-0.2, -0.15) is 4.31 Å². The lowest BCUT2D eigenvalue weighted by Crippen LogP contribution is -2.33. The largest absolute Gasteiger partial charge is 0.348 e. The van der Waals surface area contributed by atoms with E-state index in [0.29, 0.717) is 12.1 Å². The fourth-order valence-corrected chi connectivity index (χ4v) is 3.31. The first-order valence-electron chi connectivity index (χ1n) is 7.72. The third kappa shape index (κ3) is 5.18. The third-order valence-electron chi connectivity index (χ3n) is 3.65. The van der Waals surface area contributed by atoms with Gasteiger partial charge in [-0.3, -0.25) is 4.79 Å². The number of amides is 1. The van der Waals surface area contributed by atoms with E-state index in [-0.39, 0.29) is 16.8 Å². The van der Waals surface area contributed by atoms with E-state index in [1.165, 1.54) is 4.31 Å². The maximum atomic E-state index is 12.4. The van der Waals surface area contributed by atoms with Gasteiger partial charge in [0.1, 0.15) is 0 Å². The van der Waals surface area contributed by atoms with E-state index in [9.17, 15) is 13.2 Å². The highest BCUT2D eigenvalue weighted by atomic mass is 32.2. The second-order valence-corrected chi connectivity index (χ2v) is 7.73. The predicted molar refractivity (Wildman–Crippen MR) is 92.4 cm³/mol. The van der Waals surface area contributed by atoms with Crippen LogP contribution in [-0.2, 0) is 21.4 Å². The Bertz CT molecular complexity index is 662. The van der Waals surface area contributed by atoms with Crippen LogP contribution in [0.15, 0.2) is 40.8 Å². The van der Waals surface area contributed by atoms with Crippen LogP contribution in [0.25, 0.3) is 0 Å². The molecule has 128 valence electrons. The van der Waals surface area contributed by atoms with Gasteiger partial charge in [0, 0.05) is 25.2 Å². The quantitative estimate of drug-likeness (QED) is 0.777. The Labute approximate surface area is 139 Å². The molecular weight excluding hydrogens is 312 g/mol. The maximum absolute atomic E-state index is 12.4. The summed E-state index contributed by atoms with van der Waals surface area (Å²) in [5.74, 6) is -0.108. The first-order chi connectivity index (χ1) is 10.7. The van der Waals surface area contributed by atoms with Crippen LogP contribution in [0.3, 0.4) is 0 Å². The molecule has 5 nitrogen and oxygen atoms in total. The minimum atomic E-state index is -3.47. The van der Waals surface area contributed by atoms with Gasteiger partial charge in [0.2, 0.25) is 15.9 Å². The Morgan fingerprint density at radius 1 is 1.26 bits per heavy atom. The van der Waals surface area contributed by atoms with Gasteiger partial charge in [-0.25, -0.2) is 8.42 Å². The molecule has 1 aromatic rings. The maximum Gasteiger partial charge on any atom is 0.246 e.